The topological polar surface area (TPSA) is 101 Å². The number of fused-ring (bicyclic) bond motifs is 3. The summed E-state index contributed by atoms with van der Waals surface area (Å²) in [6.07, 6.45) is 0.416. The molecule has 1 aliphatic carbocycles. The molecular weight excluding hydrogens is 368 g/mol. The molecule has 28 heavy (non-hydrogen) atoms. The Hall–Kier alpha value is -3.03. The molecule has 0 amide bonds. The first-order valence-corrected chi connectivity index (χ1v) is 8.97. The summed E-state index contributed by atoms with van der Waals surface area (Å²) in [6.45, 7) is 3.09. The van der Waals surface area contributed by atoms with Crippen LogP contribution in [0.4, 0.5) is 0 Å². The maximum Gasteiger partial charge on any atom is 0.346 e. The molecule has 0 fully saturated rings. The third kappa shape index (κ3) is 3.67. The van der Waals surface area contributed by atoms with Crippen molar-refractivity contribution in [1.29, 1.82) is 0 Å². The minimum Gasteiger partial charge on any atom is -0.479 e. The number of esters is 2. The summed E-state index contributed by atoms with van der Waals surface area (Å²) in [4.78, 5) is 35.8. The van der Waals surface area contributed by atoms with E-state index in [1.165, 1.54) is 27.2 Å². The molecule has 2 aromatic rings. The molecule has 0 saturated heterocycles. The van der Waals surface area contributed by atoms with Gasteiger partial charge in [-0.1, -0.05) is 0 Å². The van der Waals surface area contributed by atoms with Crippen molar-refractivity contribution in [2.45, 2.75) is 45.3 Å². The lowest BCUT2D eigenvalue weighted by molar-refractivity contribution is -0.148. The summed E-state index contributed by atoms with van der Waals surface area (Å²) in [5.41, 5.74) is 1.35. The Morgan fingerprint density at radius 3 is 2.21 bits per heavy atom. The average Bonchev–Trinajstić information content (AvgIpc) is 3.16. The molecule has 0 unspecified atom stereocenters. The molecule has 3 rings (SSSR count). The van der Waals surface area contributed by atoms with Crippen LogP contribution in [0.5, 0.6) is 11.5 Å². The number of ether oxygens (including phenoxy) is 4. The fraction of sp³-hybridized carbons (Fsp3) is 0.450. The highest BCUT2D eigenvalue weighted by Gasteiger charge is 2.26. The average molecular weight is 390 g/mol. The van der Waals surface area contributed by atoms with Gasteiger partial charge in [-0.25, -0.2) is 14.4 Å². The number of carbonyl (C=O) groups is 2. The largest absolute Gasteiger partial charge is 0.479 e. The van der Waals surface area contributed by atoms with Gasteiger partial charge in [0.25, 0.3) is 0 Å². The van der Waals surface area contributed by atoms with Gasteiger partial charge in [0.05, 0.1) is 19.6 Å². The van der Waals surface area contributed by atoms with E-state index in [1.807, 2.05) is 0 Å². The third-order valence-electron chi connectivity index (χ3n) is 4.69. The van der Waals surface area contributed by atoms with Crippen LogP contribution in [0.25, 0.3) is 11.0 Å². The van der Waals surface area contributed by atoms with Gasteiger partial charge < -0.3 is 23.4 Å². The molecular formula is C20H22O8. The summed E-state index contributed by atoms with van der Waals surface area (Å²) in [5.74, 6) is -0.528. The van der Waals surface area contributed by atoms with Gasteiger partial charge in [0.1, 0.15) is 17.1 Å². The van der Waals surface area contributed by atoms with E-state index in [4.69, 9.17) is 18.6 Å². The van der Waals surface area contributed by atoms with Crippen LogP contribution in [0.2, 0.25) is 0 Å². The normalized spacial score (nSPS) is 14.9. The molecule has 1 aliphatic rings. The number of benzene rings is 1. The number of hydrogen-bond donors (Lipinski definition) is 0. The van der Waals surface area contributed by atoms with Crippen LogP contribution in [0.1, 0.15) is 31.4 Å². The van der Waals surface area contributed by atoms with Gasteiger partial charge in [0, 0.05) is 17.7 Å². The van der Waals surface area contributed by atoms with Crippen LogP contribution in [-0.4, -0.2) is 38.4 Å². The lowest BCUT2D eigenvalue weighted by Gasteiger charge is -2.18. The van der Waals surface area contributed by atoms with Gasteiger partial charge >= 0.3 is 17.6 Å². The minimum absolute atomic E-state index is 0.249. The number of methoxy groups -OCH3 is 2. The Morgan fingerprint density at radius 2 is 1.57 bits per heavy atom. The Morgan fingerprint density at radius 1 is 0.964 bits per heavy atom. The lowest BCUT2D eigenvalue weighted by atomic mass is 10.1. The Bertz CT molecular complexity index is 974. The highest BCUT2D eigenvalue weighted by Crippen LogP contribution is 2.38. The maximum atomic E-state index is 12.3. The van der Waals surface area contributed by atoms with Crippen molar-refractivity contribution in [2.75, 3.05) is 14.2 Å². The van der Waals surface area contributed by atoms with Crippen molar-refractivity contribution in [1.82, 2.24) is 0 Å². The van der Waals surface area contributed by atoms with Crippen LogP contribution in [0.3, 0.4) is 0 Å². The SMILES string of the molecule is COC(=O)[C@@H](C)Oc1cc(O[C@H](C)C(=O)OC)c2c3c(c(=O)oc2c1)CCC3. The van der Waals surface area contributed by atoms with E-state index < -0.39 is 29.8 Å². The van der Waals surface area contributed by atoms with E-state index in [-0.39, 0.29) is 11.3 Å². The van der Waals surface area contributed by atoms with Gasteiger partial charge in [-0.2, -0.15) is 0 Å². The fourth-order valence-corrected chi connectivity index (χ4v) is 3.33. The first-order chi connectivity index (χ1) is 13.3. The zero-order chi connectivity index (χ0) is 20.4. The quantitative estimate of drug-likeness (QED) is 0.546. The van der Waals surface area contributed by atoms with E-state index in [9.17, 15) is 14.4 Å². The summed E-state index contributed by atoms with van der Waals surface area (Å²) < 4.78 is 26.3. The Kier molecular flexibility index (Phi) is 5.58. The molecule has 0 N–H and O–H groups in total. The molecule has 1 aromatic heterocycles. The van der Waals surface area contributed by atoms with Crippen molar-refractivity contribution in [3.05, 3.63) is 33.7 Å². The third-order valence-corrected chi connectivity index (χ3v) is 4.69. The second kappa shape index (κ2) is 7.92. The number of hydrogen-bond acceptors (Lipinski definition) is 8. The highest BCUT2D eigenvalue weighted by atomic mass is 16.6. The first kappa shape index (κ1) is 19.7. The molecule has 150 valence electrons. The molecule has 0 spiro atoms. The second-order valence-corrected chi connectivity index (χ2v) is 6.56. The monoisotopic (exact) mass is 390 g/mol. The van der Waals surface area contributed by atoms with Crippen molar-refractivity contribution >= 4 is 22.9 Å². The molecule has 8 nitrogen and oxygen atoms in total. The van der Waals surface area contributed by atoms with Crippen LogP contribution in [-0.2, 0) is 31.9 Å². The molecule has 0 saturated carbocycles. The standard InChI is InChI=1S/C20H22O8/c1-10(18(21)24-3)26-12-8-15(27-11(2)19(22)25-4)17-13-6-5-7-14(13)20(23)28-16(17)9-12/h8-11H,5-7H2,1-4H3/t10-,11-/m1/s1. The highest BCUT2D eigenvalue weighted by molar-refractivity contribution is 5.90. The predicted molar refractivity (Wildman–Crippen MR) is 98.7 cm³/mol. The molecule has 0 radical (unpaired) electrons. The first-order valence-electron chi connectivity index (χ1n) is 8.97. The van der Waals surface area contributed by atoms with E-state index in [0.29, 0.717) is 29.5 Å². The smallest absolute Gasteiger partial charge is 0.346 e. The number of rotatable bonds is 6. The number of carbonyl (C=O) groups excluding carboxylic acids is 2. The second-order valence-electron chi connectivity index (χ2n) is 6.56. The van der Waals surface area contributed by atoms with E-state index in [2.05, 4.69) is 4.74 Å². The summed E-state index contributed by atoms with van der Waals surface area (Å²) in [5, 5.41) is 0.626. The molecule has 2 atom stereocenters. The molecule has 8 heteroatoms. The molecule has 1 aromatic carbocycles. The Balaban J connectivity index is 2.12. The van der Waals surface area contributed by atoms with Gasteiger partial charge in [-0.15, -0.1) is 0 Å². The van der Waals surface area contributed by atoms with Gasteiger partial charge in [-0.3, -0.25) is 0 Å². The van der Waals surface area contributed by atoms with Gasteiger partial charge in [0.15, 0.2) is 12.2 Å². The fourth-order valence-electron chi connectivity index (χ4n) is 3.33. The maximum absolute atomic E-state index is 12.3. The number of aryl methyl sites for hydroxylation is 1. The minimum atomic E-state index is -0.884. The molecule has 0 bridgehead atoms. The summed E-state index contributed by atoms with van der Waals surface area (Å²) in [6, 6.07) is 3.10. The predicted octanol–water partition coefficient (Wildman–Crippen LogP) is 2.16. The van der Waals surface area contributed by atoms with Crippen LogP contribution in [0.15, 0.2) is 21.3 Å². The van der Waals surface area contributed by atoms with E-state index >= 15 is 0 Å². The Labute approximate surface area is 161 Å². The summed E-state index contributed by atoms with van der Waals surface area (Å²) >= 11 is 0. The van der Waals surface area contributed by atoms with Crippen molar-refractivity contribution in [3.63, 3.8) is 0 Å². The van der Waals surface area contributed by atoms with Crippen LogP contribution >= 0.6 is 0 Å². The summed E-state index contributed by atoms with van der Waals surface area (Å²) in [7, 11) is 2.53. The zero-order valence-electron chi connectivity index (χ0n) is 16.2. The zero-order valence-corrected chi connectivity index (χ0v) is 16.2. The van der Waals surface area contributed by atoms with E-state index in [0.717, 1.165) is 12.0 Å². The van der Waals surface area contributed by atoms with Crippen molar-refractivity contribution < 1.29 is 33.0 Å². The molecule has 0 aliphatic heterocycles. The lowest BCUT2D eigenvalue weighted by Crippen LogP contribution is -2.26. The van der Waals surface area contributed by atoms with Crippen LogP contribution < -0.4 is 15.1 Å². The van der Waals surface area contributed by atoms with Crippen molar-refractivity contribution in [3.8, 4) is 11.5 Å². The van der Waals surface area contributed by atoms with Gasteiger partial charge in [0.2, 0.25) is 0 Å². The van der Waals surface area contributed by atoms with Crippen LogP contribution in [0, 0.1) is 0 Å². The van der Waals surface area contributed by atoms with Crippen molar-refractivity contribution in [2.24, 2.45) is 0 Å². The van der Waals surface area contributed by atoms with Gasteiger partial charge in [-0.05, 0) is 38.7 Å². The molecule has 1 heterocycles. The van der Waals surface area contributed by atoms with E-state index in [1.54, 1.807) is 13.0 Å².